The number of hydrogen-bond donors (Lipinski definition) is 2. The molecule has 2 amide bonds. The summed E-state index contributed by atoms with van der Waals surface area (Å²) in [5.74, 6) is -2.32. The van der Waals surface area contributed by atoms with Gasteiger partial charge in [0.15, 0.2) is 0 Å². The highest BCUT2D eigenvalue weighted by atomic mass is 32.2. The third-order valence-corrected chi connectivity index (χ3v) is 8.02. The van der Waals surface area contributed by atoms with E-state index in [-0.39, 0.29) is 29.5 Å². The van der Waals surface area contributed by atoms with Crippen molar-refractivity contribution < 1.29 is 27.9 Å². The number of benzene rings is 2. The molecular weight excluding hydrogens is 470 g/mol. The van der Waals surface area contributed by atoms with Gasteiger partial charge in [-0.1, -0.05) is 25.5 Å². The molecule has 1 saturated heterocycles. The molecule has 10 heteroatoms. The molecule has 188 valence electrons. The first-order valence-corrected chi connectivity index (χ1v) is 13.1. The number of aromatic carboxylic acids is 1. The van der Waals surface area contributed by atoms with Crippen LogP contribution in [0.15, 0.2) is 53.4 Å². The highest BCUT2D eigenvalue weighted by molar-refractivity contribution is 7.89. The van der Waals surface area contributed by atoms with Gasteiger partial charge in [0.2, 0.25) is 15.9 Å². The van der Waals surface area contributed by atoms with E-state index in [9.17, 15) is 27.9 Å². The minimum Gasteiger partial charge on any atom is -0.478 e. The summed E-state index contributed by atoms with van der Waals surface area (Å²) >= 11 is 0. The third kappa shape index (κ3) is 6.46. The Labute approximate surface area is 205 Å². The van der Waals surface area contributed by atoms with Crippen molar-refractivity contribution in [3.63, 3.8) is 0 Å². The number of carboxylic acids is 1. The van der Waals surface area contributed by atoms with Gasteiger partial charge in [-0.2, -0.15) is 4.31 Å². The fourth-order valence-corrected chi connectivity index (χ4v) is 5.64. The smallest absolute Gasteiger partial charge is 0.335 e. The molecule has 9 nitrogen and oxygen atoms in total. The summed E-state index contributed by atoms with van der Waals surface area (Å²) in [5, 5.41) is 9.24. The largest absolute Gasteiger partial charge is 0.478 e. The number of rotatable bonds is 10. The number of carbonyl (C=O) groups is 3. The number of carbonyl (C=O) groups excluding carboxylic acids is 2. The predicted molar refractivity (Wildman–Crippen MR) is 130 cm³/mol. The first-order valence-electron chi connectivity index (χ1n) is 11.6. The fourth-order valence-electron chi connectivity index (χ4n) is 4.12. The Kier molecular flexibility index (Phi) is 8.63. The van der Waals surface area contributed by atoms with E-state index in [0.29, 0.717) is 37.1 Å². The molecule has 2 aromatic carbocycles. The molecule has 0 radical (unpaired) electrons. The van der Waals surface area contributed by atoms with E-state index in [1.54, 1.807) is 23.1 Å². The van der Waals surface area contributed by atoms with E-state index in [1.165, 1.54) is 34.6 Å². The van der Waals surface area contributed by atoms with Gasteiger partial charge in [-0.15, -0.1) is 0 Å². The molecule has 2 aromatic rings. The summed E-state index contributed by atoms with van der Waals surface area (Å²) in [6.45, 7) is 3.10. The third-order valence-electron chi connectivity index (χ3n) is 6.14. The van der Waals surface area contributed by atoms with Crippen LogP contribution in [-0.2, 0) is 21.4 Å². The van der Waals surface area contributed by atoms with E-state index >= 15 is 0 Å². The zero-order valence-electron chi connectivity index (χ0n) is 19.7. The molecule has 3 N–H and O–H groups in total. The molecule has 1 unspecified atom stereocenters. The lowest BCUT2D eigenvalue weighted by Gasteiger charge is -2.30. The first kappa shape index (κ1) is 26.4. The second kappa shape index (κ2) is 11.5. The Bertz CT molecular complexity index is 1180. The number of primary amides is 1. The van der Waals surface area contributed by atoms with E-state index in [1.807, 2.05) is 6.92 Å². The summed E-state index contributed by atoms with van der Waals surface area (Å²) in [5.41, 5.74) is 6.56. The maximum absolute atomic E-state index is 13.3. The zero-order chi connectivity index (χ0) is 25.6. The van der Waals surface area contributed by atoms with Crippen molar-refractivity contribution >= 4 is 27.8 Å². The molecule has 1 fully saturated rings. The maximum atomic E-state index is 13.3. The molecule has 1 aliphatic rings. The summed E-state index contributed by atoms with van der Waals surface area (Å²) < 4.78 is 27.4. The van der Waals surface area contributed by atoms with Crippen molar-refractivity contribution in [3.05, 3.63) is 65.2 Å². The number of nitrogens with zero attached hydrogens (tertiary/aromatic N) is 2. The maximum Gasteiger partial charge on any atom is 0.335 e. The van der Waals surface area contributed by atoms with Crippen LogP contribution in [0, 0.1) is 5.92 Å². The van der Waals surface area contributed by atoms with Crippen molar-refractivity contribution in [2.45, 2.75) is 44.0 Å². The van der Waals surface area contributed by atoms with Crippen LogP contribution in [-0.4, -0.2) is 60.1 Å². The number of unbranched alkanes of at least 4 members (excludes halogenated alkanes) is 1. The van der Waals surface area contributed by atoms with Gasteiger partial charge in [0.05, 0.1) is 16.4 Å². The van der Waals surface area contributed by atoms with Gasteiger partial charge in [-0.3, -0.25) is 9.59 Å². The molecule has 3 rings (SSSR count). The Morgan fingerprint density at radius 1 is 1.11 bits per heavy atom. The van der Waals surface area contributed by atoms with E-state index in [4.69, 9.17) is 5.73 Å². The van der Waals surface area contributed by atoms with E-state index in [0.717, 1.165) is 12.8 Å². The molecule has 1 heterocycles. The van der Waals surface area contributed by atoms with Crippen LogP contribution in [0.3, 0.4) is 0 Å². The number of hydrogen-bond acceptors (Lipinski definition) is 5. The Morgan fingerprint density at radius 2 is 1.83 bits per heavy atom. The minimum absolute atomic E-state index is 0.0495. The second-order valence-electron chi connectivity index (χ2n) is 8.71. The van der Waals surface area contributed by atoms with Crippen LogP contribution in [0.4, 0.5) is 0 Å². The van der Waals surface area contributed by atoms with Crippen molar-refractivity contribution in [2.24, 2.45) is 11.7 Å². The fraction of sp³-hybridized carbons (Fsp3) is 0.400. The lowest BCUT2D eigenvalue weighted by molar-refractivity contribution is -0.122. The van der Waals surface area contributed by atoms with Gasteiger partial charge in [-0.05, 0) is 61.2 Å². The molecule has 1 atom stereocenters. The quantitative estimate of drug-likeness (QED) is 0.513. The molecule has 0 spiro atoms. The van der Waals surface area contributed by atoms with Crippen LogP contribution in [0.1, 0.15) is 58.9 Å². The highest BCUT2D eigenvalue weighted by Crippen LogP contribution is 2.24. The Hall–Kier alpha value is -3.24. The number of carboxylic acid groups (broad SMARTS) is 1. The normalized spacial score (nSPS) is 16.5. The zero-order valence-corrected chi connectivity index (χ0v) is 20.5. The standard InChI is InChI=1S/C25H31N3O6S/c1-2-3-13-27(16-18-6-4-7-20(15-18)25(31)32)24(30)19-9-11-22(12-10-19)35(33,34)28-14-5-8-21(17-28)23(26)29/h4,6-7,9-12,15,21H,2-3,5,8,13-14,16-17H2,1H3,(H2,26,29)(H,31,32). The summed E-state index contributed by atoms with van der Waals surface area (Å²) in [6.07, 6.45) is 2.77. The van der Waals surface area contributed by atoms with Gasteiger partial charge in [0.25, 0.3) is 5.91 Å². The van der Waals surface area contributed by atoms with Crippen molar-refractivity contribution in [1.82, 2.24) is 9.21 Å². The van der Waals surface area contributed by atoms with Crippen molar-refractivity contribution in [3.8, 4) is 0 Å². The van der Waals surface area contributed by atoms with Gasteiger partial charge < -0.3 is 15.7 Å². The van der Waals surface area contributed by atoms with E-state index in [2.05, 4.69) is 0 Å². The molecular formula is C25H31N3O6S. The summed E-state index contributed by atoms with van der Waals surface area (Å²) in [6, 6.07) is 12.2. The Morgan fingerprint density at radius 3 is 2.46 bits per heavy atom. The van der Waals surface area contributed by atoms with Gasteiger partial charge in [-0.25, -0.2) is 13.2 Å². The SMILES string of the molecule is CCCCN(Cc1cccc(C(=O)O)c1)C(=O)c1ccc(S(=O)(=O)N2CCCC(C(N)=O)C2)cc1. The average molecular weight is 502 g/mol. The van der Waals surface area contributed by atoms with Gasteiger partial charge >= 0.3 is 5.97 Å². The topological polar surface area (TPSA) is 138 Å². The first-order chi connectivity index (χ1) is 16.6. The Balaban J connectivity index is 1.79. The van der Waals surface area contributed by atoms with Gasteiger partial charge in [0, 0.05) is 31.7 Å². The highest BCUT2D eigenvalue weighted by Gasteiger charge is 2.32. The molecule has 0 saturated carbocycles. The molecule has 35 heavy (non-hydrogen) atoms. The predicted octanol–water partition coefficient (Wildman–Crippen LogP) is 2.71. The van der Waals surface area contributed by atoms with Crippen molar-refractivity contribution in [1.29, 1.82) is 0 Å². The number of amides is 2. The second-order valence-corrected chi connectivity index (χ2v) is 10.7. The van der Waals surface area contributed by atoms with Crippen LogP contribution in [0.25, 0.3) is 0 Å². The molecule has 1 aliphatic heterocycles. The van der Waals surface area contributed by atoms with E-state index < -0.39 is 27.8 Å². The summed E-state index contributed by atoms with van der Waals surface area (Å²) in [7, 11) is -3.82. The molecule has 0 bridgehead atoms. The van der Waals surface area contributed by atoms with Crippen LogP contribution < -0.4 is 5.73 Å². The van der Waals surface area contributed by atoms with Crippen LogP contribution in [0.5, 0.6) is 0 Å². The lowest BCUT2D eigenvalue weighted by atomic mass is 9.99. The van der Waals surface area contributed by atoms with Crippen LogP contribution >= 0.6 is 0 Å². The van der Waals surface area contributed by atoms with Crippen molar-refractivity contribution in [2.75, 3.05) is 19.6 Å². The molecule has 0 aliphatic carbocycles. The number of piperidine rings is 1. The average Bonchev–Trinajstić information content (AvgIpc) is 2.86. The summed E-state index contributed by atoms with van der Waals surface area (Å²) in [4.78, 5) is 37.8. The van der Waals surface area contributed by atoms with Crippen LogP contribution in [0.2, 0.25) is 0 Å². The number of sulfonamides is 1. The van der Waals surface area contributed by atoms with Gasteiger partial charge in [0.1, 0.15) is 0 Å². The molecule has 0 aromatic heterocycles. The number of nitrogens with two attached hydrogens (primary N) is 1. The minimum atomic E-state index is -3.82. The lowest BCUT2D eigenvalue weighted by Crippen LogP contribution is -2.44. The monoisotopic (exact) mass is 501 g/mol.